The molecule has 1 aromatic heterocycles. The number of carbonyl (C=O) groups excluding carboxylic acids is 1. The maximum absolute atomic E-state index is 13.2. The zero-order valence-electron chi connectivity index (χ0n) is 18.8. The molecule has 0 atom stereocenters. The number of aromatic nitrogens is 3. The SMILES string of the molecule is CCCCOc1cccc(C(=O)NC(=S)Nc2cc3nn(-c4ccc(F)cc4)nc3cc2C)c1. The summed E-state index contributed by atoms with van der Waals surface area (Å²) in [6.45, 7) is 4.60. The van der Waals surface area contributed by atoms with Crippen LogP contribution in [0.25, 0.3) is 16.7 Å². The molecule has 2 N–H and O–H groups in total. The summed E-state index contributed by atoms with van der Waals surface area (Å²) in [5.74, 6) is -0.0148. The molecule has 4 aromatic rings. The van der Waals surface area contributed by atoms with Gasteiger partial charge in [-0.1, -0.05) is 19.4 Å². The normalized spacial score (nSPS) is 10.8. The highest BCUT2D eigenvalue weighted by Crippen LogP contribution is 2.22. The highest BCUT2D eigenvalue weighted by atomic mass is 32.1. The second kappa shape index (κ2) is 10.4. The van der Waals surface area contributed by atoms with E-state index in [4.69, 9.17) is 17.0 Å². The van der Waals surface area contributed by atoms with Crippen LogP contribution in [0.3, 0.4) is 0 Å². The van der Waals surface area contributed by atoms with E-state index in [0.717, 1.165) is 18.4 Å². The van der Waals surface area contributed by atoms with Gasteiger partial charge in [0.15, 0.2) is 5.11 Å². The molecule has 0 radical (unpaired) electrons. The lowest BCUT2D eigenvalue weighted by Gasteiger charge is -2.12. The molecule has 4 rings (SSSR count). The van der Waals surface area contributed by atoms with Crippen LogP contribution < -0.4 is 15.4 Å². The van der Waals surface area contributed by atoms with Crippen LogP contribution >= 0.6 is 12.2 Å². The van der Waals surface area contributed by atoms with Crippen LogP contribution in [0.1, 0.15) is 35.7 Å². The third-order valence-electron chi connectivity index (χ3n) is 5.12. The van der Waals surface area contributed by atoms with E-state index in [1.54, 1.807) is 36.4 Å². The number of hydrogen-bond acceptors (Lipinski definition) is 5. The number of benzene rings is 3. The summed E-state index contributed by atoms with van der Waals surface area (Å²) in [5.41, 5.74) is 3.98. The van der Waals surface area contributed by atoms with Crippen LogP contribution in [-0.2, 0) is 0 Å². The number of amides is 1. The molecule has 0 aliphatic heterocycles. The van der Waals surface area contributed by atoms with E-state index in [0.29, 0.717) is 40.3 Å². The number of rotatable bonds is 7. The summed E-state index contributed by atoms with van der Waals surface area (Å²) in [5, 5.41) is 14.8. The highest BCUT2D eigenvalue weighted by Gasteiger charge is 2.12. The monoisotopic (exact) mass is 477 g/mol. The molecule has 7 nitrogen and oxygen atoms in total. The third-order valence-corrected chi connectivity index (χ3v) is 5.33. The van der Waals surface area contributed by atoms with Gasteiger partial charge in [0.05, 0.1) is 12.3 Å². The predicted molar refractivity (Wildman–Crippen MR) is 134 cm³/mol. The Labute approximate surface area is 201 Å². The van der Waals surface area contributed by atoms with Gasteiger partial charge in [0, 0.05) is 11.3 Å². The van der Waals surface area contributed by atoms with Gasteiger partial charge in [-0.15, -0.1) is 10.2 Å². The number of thiocarbonyl (C=S) groups is 1. The molecule has 0 fully saturated rings. The first kappa shape index (κ1) is 23.3. The standard InChI is InChI=1S/C25H24FN5O2S/c1-3-4-12-33-20-7-5-6-17(14-20)24(32)28-25(34)27-21-15-23-22(13-16(21)2)29-31(30-23)19-10-8-18(26)9-11-19/h5-11,13-15H,3-4,12H2,1-2H3,(H2,27,28,32,34). The summed E-state index contributed by atoms with van der Waals surface area (Å²) in [6.07, 6.45) is 1.99. The minimum atomic E-state index is -0.334. The maximum Gasteiger partial charge on any atom is 0.257 e. The van der Waals surface area contributed by atoms with Crippen LogP contribution in [0.2, 0.25) is 0 Å². The van der Waals surface area contributed by atoms with Crippen LogP contribution in [0.4, 0.5) is 10.1 Å². The molecule has 1 heterocycles. The fourth-order valence-electron chi connectivity index (χ4n) is 3.28. The lowest BCUT2D eigenvalue weighted by Crippen LogP contribution is -2.34. The number of unbranched alkanes of at least 4 members (excludes halogenated alkanes) is 1. The zero-order chi connectivity index (χ0) is 24.1. The molecule has 174 valence electrons. The van der Waals surface area contributed by atoms with Gasteiger partial charge >= 0.3 is 0 Å². The van der Waals surface area contributed by atoms with E-state index in [9.17, 15) is 9.18 Å². The molecule has 0 unspecified atom stereocenters. The first-order valence-corrected chi connectivity index (χ1v) is 11.3. The average Bonchev–Trinajstić information content (AvgIpc) is 3.22. The maximum atomic E-state index is 13.2. The average molecular weight is 478 g/mol. The van der Waals surface area contributed by atoms with E-state index < -0.39 is 0 Å². The Bertz CT molecular complexity index is 1340. The highest BCUT2D eigenvalue weighted by molar-refractivity contribution is 7.80. The van der Waals surface area contributed by atoms with E-state index in [-0.39, 0.29) is 16.8 Å². The number of fused-ring (bicyclic) bond motifs is 1. The number of nitrogens with one attached hydrogen (secondary N) is 2. The molecule has 0 saturated carbocycles. The Morgan fingerprint density at radius 2 is 1.82 bits per heavy atom. The van der Waals surface area contributed by atoms with Gasteiger partial charge in [0.1, 0.15) is 22.6 Å². The van der Waals surface area contributed by atoms with Crippen molar-refractivity contribution in [1.82, 2.24) is 20.3 Å². The molecule has 0 saturated heterocycles. The number of halogens is 1. The quantitative estimate of drug-likeness (QED) is 0.282. The Balaban J connectivity index is 1.45. The summed E-state index contributed by atoms with van der Waals surface area (Å²) in [4.78, 5) is 14.1. The third kappa shape index (κ3) is 5.55. The first-order valence-electron chi connectivity index (χ1n) is 10.9. The minimum absolute atomic E-state index is 0.163. The smallest absolute Gasteiger partial charge is 0.257 e. The van der Waals surface area contributed by atoms with Crippen molar-refractivity contribution in [2.45, 2.75) is 26.7 Å². The van der Waals surface area contributed by atoms with Gasteiger partial charge in [0.2, 0.25) is 0 Å². The number of anilines is 1. The minimum Gasteiger partial charge on any atom is -0.494 e. The number of aryl methyl sites for hydroxylation is 1. The van der Waals surface area contributed by atoms with Crippen molar-refractivity contribution in [1.29, 1.82) is 0 Å². The largest absolute Gasteiger partial charge is 0.494 e. The molecule has 1 amide bonds. The number of hydrogen-bond donors (Lipinski definition) is 2. The van der Waals surface area contributed by atoms with Gasteiger partial charge in [-0.05, 0) is 85.7 Å². The predicted octanol–water partition coefficient (Wildman–Crippen LogP) is 5.17. The molecule has 0 spiro atoms. The molecule has 3 aromatic carbocycles. The molecule has 9 heteroatoms. The lowest BCUT2D eigenvalue weighted by molar-refractivity contribution is 0.0977. The topological polar surface area (TPSA) is 81.1 Å². The van der Waals surface area contributed by atoms with Crippen LogP contribution in [-0.4, -0.2) is 32.6 Å². The Hall–Kier alpha value is -3.85. The molecular weight excluding hydrogens is 453 g/mol. The first-order chi connectivity index (χ1) is 16.4. The number of carbonyl (C=O) groups is 1. The van der Waals surface area contributed by atoms with Crippen molar-refractivity contribution >= 4 is 40.0 Å². The summed E-state index contributed by atoms with van der Waals surface area (Å²) in [6, 6.07) is 16.6. The van der Waals surface area contributed by atoms with E-state index in [2.05, 4.69) is 27.8 Å². The number of nitrogens with zero attached hydrogens (tertiary/aromatic N) is 3. The van der Waals surface area contributed by atoms with Crippen molar-refractivity contribution < 1.29 is 13.9 Å². The van der Waals surface area contributed by atoms with Crippen molar-refractivity contribution in [3.63, 3.8) is 0 Å². The van der Waals surface area contributed by atoms with E-state index in [1.165, 1.54) is 16.9 Å². The van der Waals surface area contributed by atoms with E-state index >= 15 is 0 Å². The van der Waals surface area contributed by atoms with Crippen LogP contribution in [0.15, 0.2) is 60.7 Å². The van der Waals surface area contributed by atoms with Crippen molar-refractivity contribution in [3.8, 4) is 11.4 Å². The Morgan fingerprint density at radius 1 is 1.09 bits per heavy atom. The van der Waals surface area contributed by atoms with Crippen molar-refractivity contribution in [2.24, 2.45) is 0 Å². The summed E-state index contributed by atoms with van der Waals surface area (Å²) < 4.78 is 18.9. The second-order valence-corrected chi connectivity index (χ2v) is 8.17. The van der Waals surface area contributed by atoms with Crippen molar-refractivity contribution in [2.75, 3.05) is 11.9 Å². The number of ether oxygens (including phenoxy) is 1. The fraction of sp³-hybridized carbons (Fsp3) is 0.200. The molecule has 0 bridgehead atoms. The van der Waals surface area contributed by atoms with Crippen LogP contribution in [0, 0.1) is 12.7 Å². The van der Waals surface area contributed by atoms with Gasteiger partial charge in [-0.25, -0.2) is 4.39 Å². The lowest BCUT2D eigenvalue weighted by atomic mass is 10.2. The zero-order valence-corrected chi connectivity index (χ0v) is 19.7. The fourth-order valence-corrected chi connectivity index (χ4v) is 3.49. The molecule has 34 heavy (non-hydrogen) atoms. The van der Waals surface area contributed by atoms with Crippen LogP contribution in [0.5, 0.6) is 5.75 Å². The Kier molecular flexibility index (Phi) is 7.12. The van der Waals surface area contributed by atoms with Gasteiger partial charge in [-0.2, -0.15) is 4.80 Å². The summed E-state index contributed by atoms with van der Waals surface area (Å²) in [7, 11) is 0. The van der Waals surface area contributed by atoms with Crippen molar-refractivity contribution in [3.05, 3.63) is 77.6 Å². The van der Waals surface area contributed by atoms with E-state index in [1.807, 2.05) is 19.1 Å². The van der Waals surface area contributed by atoms with Gasteiger partial charge in [0.25, 0.3) is 5.91 Å². The molecule has 0 aliphatic rings. The molecular formula is C25H24FN5O2S. The van der Waals surface area contributed by atoms with Gasteiger partial charge < -0.3 is 10.1 Å². The van der Waals surface area contributed by atoms with Gasteiger partial charge in [-0.3, -0.25) is 10.1 Å². The Morgan fingerprint density at radius 3 is 2.56 bits per heavy atom. The summed E-state index contributed by atoms with van der Waals surface area (Å²) >= 11 is 5.36. The molecule has 0 aliphatic carbocycles. The second-order valence-electron chi connectivity index (χ2n) is 7.76.